The summed E-state index contributed by atoms with van der Waals surface area (Å²) >= 11 is 6.01. The van der Waals surface area contributed by atoms with E-state index in [1.54, 1.807) is 0 Å². The van der Waals surface area contributed by atoms with Crippen molar-refractivity contribution in [3.05, 3.63) is 28.8 Å². The molecule has 1 heterocycles. The summed E-state index contributed by atoms with van der Waals surface area (Å²) in [7, 11) is -3.93. The highest BCUT2D eigenvalue weighted by Crippen LogP contribution is 2.23. The smallest absolute Gasteiger partial charge is 0.338 e. The van der Waals surface area contributed by atoms with E-state index in [4.69, 9.17) is 21.1 Å². The minimum atomic E-state index is -3.93. The Kier molecular flexibility index (Phi) is 8.23. The first-order chi connectivity index (χ1) is 13.2. The highest BCUT2D eigenvalue weighted by molar-refractivity contribution is 7.89. The summed E-state index contributed by atoms with van der Waals surface area (Å²) in [6, 6.07) is 3.75. The van der Waals surface area contributed by atoms with Gasteiger partial charge in [0.25, 0.3) is 5.91 Å². The van der Waals surface area contributed by atoms with E-state index >= 15 is 0 Å². The monoisotopic (exact) mass is 432 g/mol. The van der Waals surface area contributed by atoms with Crippen LogP contribution in [-0.2, 0) is 24.3 Å². The summed E-state index contributed by atoms with van der Waals surface area (Å²) in [5.41, 5.74) is -0.0155. The van der Waals surface area contributed by atoms with E-state index in [0.717, 1.165) is 25.3 Å². The zero-order chi connectivity index (χ0) is 20.7. The number of halogens is 1. The molecule has 2 atom stereocenters. The standard InChI is InChI=1S/C18H25ClN2O6S/c1-3-12(2)21-17(22)11-27-18(23)13-6-7-15(19)16(9-13)28(24,25)20-10-14-5-4-8-26-14/h6-7,9,12,14,20H,3-5,8,10-11H2,1-2H3,(H,21,22)/t12-,14-/m0/s1. The molecule has 1 aliphatic rings. The molecule has 0 bridgehead atoms. The van der Waals surface area contributed by atoms with Crippen LogP contribution in [0.2, 0.25) is 5.02 Å². The molecule has 28 heavy (non-hydrogen) atoms. The summed E-state index contributed by atoms with van der Waals surface area (Å²) in [5.74, 6) is -1.24. The maximum absolute atomic E-state index is 12.5. The van der Waals surface area contributed by atoms with Crippen molar-refractivity contribution in [3.63, 3.8) is 0 Å². The molecule has 0 unspecified atom stereocenters. The Morgan fingerprint density at radius 2 is 2.14 bits per heavy atom. The lowest BCUT2D eigenvalue weighted by Gasteiger charge is -2.13. The first-order valence-corrected chi connectivity index (χ1v) is 11.0. The number of hydrogen-bond donors (Lipinski definition) is 2. The second-order valence-corrected chi connectivity index (χ2v) is 8.73. The first kappa shape index (κ1) is 22.6. The Morgan fingerprint density at radius 1 is 1.39 bits per heavy atom. The highest BCUT2D eigenvalue weighted by Gasteiger charge is 2.24. The fourth-order valence-electron chi connectivity index (χ4n) is 2.55. The van der Waals surface area contributed by atoms with Crippen molar-refractivity contribution in [1.29, 1.82) is 0 Å². The van der Waals surface area contributed by atoms with Gasteiger partial charge in [-0.3, -0.25) is 4.79 Å². The van der Waals surface area contributed by atoms with E-state index in [2.05, 4.69) is 10.0 Å². The van der Waals surface area contributed by atoms with E-state index in [1.807, 2.05) is 13.8 Å². The van der Waals surface area contributed by atoms with Crippen molar-refractivity contribution in [2.45, 2.75) is 50.2 Å². The third-order valence-corrected chi connectivity index (χ3v) is 6.24. The minimum Gasteiger partial charge on any atom is -0.452 e. The zero-order valence-electron chi connectivity index (χ0n) is 15.9. The van der Waals surface area contributed by atoms with Crippen LogP contribution < -0.4 is 10.0 Å². The van der Waals surface area contributed by atoms with Gasteiger partial charge >= 0.3 is 5.97 Å². The van der Waals surface area contributed by atoms with Crippen LogP contribution in [0.1, 0.15) is 43.5 Å². The van der Waals surface area contributed by atoms with E-state index < -0.39 is 28.5 Å². The third kappa shape index (κ3) is 6.44. The van der Waals surface area contributed by atoms with Crippen LogP contribution >= 0.6 is 11.6 Å². The summed E-state index contributed by atoms with van der Waals surface area (Å²) in [6.45, 7) is 4.03. The SMILES string of the molecule is CC[C@H](C)NC(=O)COC(=O)c1ccc(Cl)c(S(=O)(=O)NC[C@@H]2CCCO2)c1. The second-order valence-electron chi connectivity index (χ2n) is 6.59. The molecule has 0 aliphatic carbocycles. The lowest BCUT2D eigenvalue weighted by Crippen LogP contribution is -2.35. The molecule has 1 saturated heterocycles. The predicted molar refractivity (Wildman–Crippen MR) is 104 cm³/mol. The molecule has 0 radical (unpaired) electrons. The molecule has 2 N–H and O–H groups in total. The molecular formula is C18H25ClN2O6S. The molecule has 1 aromatic rings. The van der Waals surface area contributed by atoms with Crippen LogP contribution in [0, 0.1) is 0 Å². The summed E-state index contributed by atoms with van der Waals surface area (Å²) in [6.07, 6.45) is 2.24. The van der Waals surface area contributed by atoms with Gasteiger partial charge in [-0.2, -0.15) is 0 Å². The van der Waals surface area contributed by atoms with Crippen molar-refractivity contribution in [2.75, 3.05) is 19.8 Å². The average molecular weight is 433 g/mol. The zero-order valence-corrected chi connectivity index (χ0v) is 17.4. The predicted octanol–water partition coefficient (Wildman–Crippen LogP) is 1.87. The Labute approximate surface area is 170 Å². The summed E-state index contributed by atoms with van der Waals surface area (Å²) in [5, 5.41) is 2.65. The van der Waals surface area contributed by atoms with Crippen LogP contribution in [0.15, 0.2) is 23.1 Å². The fourth-order valence-corrected chi connectivity index (χ4v) is 4.14. The number of hydrogen-bond acceptors (Lipinski definition) is 6. The fraction of sp³-hybridized carbons (Fsp3) is 0.556. The van der Waals surface area contributed by atoms with Crippen LogP contribution in [-0.4, -0.2) is 52.2 Å². The molecule has 8 nitrogen and oxygen atoms in total. The number of rotatable bonds is 9. The van der Waals surface area contributed by atoms with E-state index in [0.29, 0.717) is 6.61 Å². The molecule has 156 valence electrons. The Morgan fingerprint density at radius 3 is 2.79 bits per heavy atom. The lowest BCUT2D eigenvalue weighted by atomic mass is 10.2. The number of carbonyl (C=O) groups excluding carboxylic acids is 2. The number of amides is 1. The first-order valence-electron chi connectivity index (χ1n) is 9.10. The highest BCUT2D eigenvalue weighted by atomic mass is 35.5. The van der Waals surface area contributed by atoms with Crippen molar-refractivity contribution < 1.29 is 27.5 Å². The van der Waals surface area contributed by atoms with Gasteiger partial charge in [0.05, 0.1) is 16.7 Å². The van der Waals surface area contributed by atoms with Gasteiger partial charge in [0, 0.05) is 19.2 Å². The summed E-state index contributed by atoms with van der Waals surface area (Å²) < 4.78 is 37.9. The van der Waals surface area contributed by atoms with Gasteiger partial charge in [-0.1, -0.05) is 18.5 Å². The van der Waals surface area contributed by atoms with Gasteiger partial charge < -0.3 is 14.8 Å². The molecule has 1 fully saturated rings. The van der Waals surface area contributed by atoms with E-state index in [-0.39, 0.29) is 34.2 Å². The molecule has 0 spiro atoms. The Hall–Kier alpha value is -1.68. The quantitative estimate of drug-likeness (QED) is 0.576. The second kappa shape index (κ2) is 10.2. The Balaban J connectivity index is 2.02. The van der Waals surface area contributed by atoms with Crippen molar-refractivity contribution >= 4 is 33.5 Å². The number of carbonyl (C=O) groups is 2. The molecule has 2 rings (SSSR count). The van der Waals surface area contributed by atoms with Gasteiger partial charge in [0.2, 0.25) is 10.0 Å². The van der Waals surface area contributed by atoms with Crippen LogP contribution in [0.4, 0.5) is 0 Å². The summed E-state index contributed by atoms with van der Waals surface area (Å²) in [4.78, 5) is 23.7. The van der Waals surface area contributed by atoms with Gasteiger partial charge in [0.1, 0.15) is 4.90 Å². The van der Waals surface area contributed by atoms with Crippen LogP contribution in [0.25, 0.3) is 0 Å². The molecule has 1 aliphatic heterocycles. The van der Waals surface area contributed by atoms with Gasteiger partial charge in [-0.25, -0.2) is 17.9 Å². The number of sulfonamides is 1. The molecule has 0 aromatic heterocycles. The normalized spacial score (nSPS) is 17.9. The Bertz CT molecular complexity index is 808. The van der Waals surface area contributed by atoms with E-state index in [1.165, 1.54) is 12.1 Å². The molecule has 1 amide bonds. The maximum atomic E-state index is 12.5. The van der Waals surface area contributed by atoms with E-state index in [9.17, 15) is 18.0 Å². The molecule has 0 saturated carbocycles. The maximum Gasteiger partial charge on any atom is 0.338 e. The van der Waals surface area contributed by atoms with Crippen LogP contribution in [0.5, 0.6) is 0 Å². The minimum absolute atomic E-state index is 0.0155. The van der Waals surface area contributed by atoms with Crippen LogP contribution in [0.3, 0.4) is 0 Å². The largest absolute Gasteiger partial charge is 0.452 e. The van der Waals surface area contributed by atoms with Gasteiger partial charge in [-0.15, -0.1) is 0 Å². The van der Waals surface area contributed by atoms with Crippen molar-refractivity contribution in [1.82, 2.24) is 10.0 Å². The van der Waals surface area contributed by atoms with Crippen molar-refractivity contribution in [2.24, 2.45) is 0 Å². The van der Waals surface area contributed by atoms with Gasteiger partial charge in [0.15, 0.2) is 6.61 Å². The molecule has 10 heteroatoms. The van der Waals surface area contributed by atoms with Crippen molar-refractivity contribution in [3.8, 4) is 0 Å². The lowest BCUT2D eigenvalue weighted by molar-refractivity contribution is -0.124. The van der Waals surface area contributed by atoms with Gasteiger partial charge in [-0.05, 0) is 44.4 Å². The molecular weight excluding hydrogens is 408 g/mol. The number of nitrogens with one attached hydrogen (secondary N) is 2. The topological polar surface area (TPSA) is 111 Å². The number of ether oxygens (including phenoxy) is 2. The number of benzene rings is 1. The molecule has 1 aromatic carbocycles. The average Bonchev–Trinajstić information content (AvgIpc) is 3.18. The third-order valence-electron chi connectivity index (χ3n) is 4.34. The number of esters is 1.